The average Bonchev–Trinajstić information content (AvgIpc) is 3.09. The van der Waals surface area contributed by atoms with Crippen molar-refractivity contribution in [3.8, 4) is 0 Å². The molecule has 0 atom stereocenters. The Kier molecular flexibility index (Phi) is 6.42. The largest absolute Gasteiger partial charge is 0.351 e. The van der Waals surface area contributed by atoms with Crippen molar-refractivity contribution in [3.63, 3.8) is 0 Å². The van der Waals surface area contributed by atoms with Crippen molar-refractivity contribution in [1.29, 1.82) is 0 Å². The highest BCUT2D eigenvalue weighted by molar-refractivity contribution is 7.89. The zero-order chi connectivity index (χ0) is 18.6. The molecular formula is C16H22ClN3O4S. The van der Waals surface area contributed by atoms with Gasteiger partial charge in [-0.2, -0.15) is 0 Å². The van der Waals surface area contributed by atoms with Gasteiger partial charge < -0.3 is 10.2 Å². The molecule has 1 aromatic carbocycles. The fourth-order valence-electron chi connectivity index (χ4n) is 2.55. The zero-order valence-electron chi connectivity index (χ0n) is 14.3. The van der Waals surface area contributed by atoms with E-state index in [1.807, 2.05) is 0 Å². The molecule has 1 fully saturated rings. The van der Waals surface area contributed by atoms with Gasteiger partial charge >= 0.3 is 0 Å². The third-order valence-corrected chi connectivity index (χ3v) is 6.18. The number of nitrogens with zero attached hydrogens (tertiary/aromatic N) is 2. The zero-order valence-corrected chi connectivity index (χ0v) is 15.9. The summed E-state index contributed by atoms with van der Waals surface area (Å²) in [6, 6.07) is 3.98. The third kappa shape index (κ3) is 4.71. The van der Waals surface area contributed by atoms with Crippen LogP contribution in [0.2, 0.25) is 5.02 Å². The molecule has 2 rings (SSSR count). The van der Waals surface area contributed by atoms with Crippen molar-refractivity contribution in [2.75, 3.05) is 33.7 Å². The SMILES string of the molecule is CN(C)S(=O)(=O)c1ccc(Cl)c(C(=O)NCCC(=O)N2CCCC2)c1. The highest BCUT2D eigenvalue weighted by atomic mass is 35.5. The minimum absolute atomic E-state index is 0.00725. The van der Waals surface area contributed by atoms with Gasteiger partial charge in [-0.05, 0) is 31.0 Å². The monoisotopic (exact) mass is 387 g/mol. The Bertz CT molecular complexity index is 759. The van der Waals surface area contributed by atoms with Crippen LogP contribution in [0.15, 0.2) is 23.1 Å². The van der Waals surface area contributed by atoms with E-state index < -0.39 is 15.9 Å². The van der Waals surface area contributed by atoms with Crippen molar-refractivity contribution in [2.45, 2.75) is 24.2 Å². The molecule has 0 aliphatic carbocycles. The third-order valence-electron chi connectivity index (χ3n) is 4.04. The molecule has 0 bridgehead atoms. The lowest BCUT2D eigenvalue weighted by Gasteiger charge is -2.15. The normalized spacial score (nSPS) is 14.8. The first-order valence-corrected chi connectivity index (χ1v) is 9.83. The van der Waals surface area contributed by atoms with Crippen LogP contribution < -0.4 is 5.32 Å². The van der Waals surface area contributed by atoms with Gasteiger partial charge in [-0.15, -0.1) is 0 Å². The lowest BCUT2D eigenvalue weighted by Crippen LogP contribution is -2.33. The van der Waals surface area contributed by atoms with Gasteiger partial charge in [0.2, 0.25) is 15.9 Å². The van der Waals surface area contributed by atoms with Gasteiger partial charge in [0.1, 0.15) is 0 Å². The number of carbonyl (C=O) groups is 2. The molecule has 1 aliphatic rings. The first-order valence-electron chi connectivity index (χ1n) is 8.01. The smallest absolute Gasteiger partial charge is 0.252 e. The number of hydrogen-bond donors (Lipinski definition) is 1. The number of rotatable bonds is 6. The van der Waals surface area contributed by atoms with E-state index in [1.54, 1.807) is 4.90 Å². The first kappa shape index (κ1) is 19.7. The fourth-order valence-corrected chi connectivity index (χ4v) is 3.68. The van der Waals surface area contributed by atoms with Gasteiger partial charge in [0.05, 0.1) is 15.5 Å². The van der Waals surface area contributed by atoms with Gasteiger partial charge in [0.15, 0.2) is 0 Å². The van der Waals surface area contributed by atoms with Crippen molar-refractivity contribution in [1.82, 2.24) is 14.5 Å². The molecule has 2 amide bonds. The number of carbonyl (C=O) groups excluding carboxylic acids is 2. The average molecular weight is 388 g/mol. The Morgan fingerprint density at radius 2 is 1.88 bits per heavy atom. The summed E-state index contributed by atoms with van der Waals surface area (Å²) in [5.74, 6) is -0.497. The Labute approximate surface area is 153 Å². The lowest BCUT2D eigenvalue weighted by molar-refractivity contribution is -0.129. The molecule has 0 spiro atoms. The number of hydrogen-bond acceptors (Lipinski definition) is 4. The van der Waals surface area contributed by atoms with Gasteiger partial charge in [0.25, 0.3) is 5.91 Å². The second-order valence-electron chi connectivity index (χ2n) is 6.02. The van der Waals surface area contributed by atoms with E-state index in [4.69, 9.17) is 11.6 Å². The summed E-state index contributed by atoms with van der Waals surface area (Å²) in [4.78, 5) is 26.0. The fraction of sp³-hybridized carbons (Fsp3) is 0.500. The Morgan fingerprint density at radius 1 is 1.24 bits per heavy atom. The van der Waals surface area contributed by atoms with E-state index >= 15 is 0 Å². The summed E-state index contributed by atoms with van der Waals surface area (Å²) < 4.78 is 25.4. The number of sulfonamides is 1. The second kappa shape index (κ2) is 8.16. The van der Waals surface area contributed by atoms with Crippen LogP contribution in [-0.4, -0.2) is 63.2 Å². The molecule has 0 unspecified atom stereocenters. The van der Waals surface area contributed by atoms with Gasteiger partial charge in [-0.25, -0.2) is 12.7 Å². The predicted octanol–water partition coefficient (Wildman–Crippen LogP) is 1.33. The molecule has 0 aromatic heterocycles. The molecule has 1 N–H and O–H groups in total. The first-order chi connectivity index (χ1) is 11.7. The molecule has 138 valence electrons. The molecule has 25 heavy (non-hydrogen) atoms. The summed E-state index contributed by atoms with van der Waals surface area (Å²) in [6.07, 6.45) is 2.24. The molecule has 1 aliphatic heterocycles. The Balaban J connectivity index is 2.02. The van der Waals surface area contributed by atoms with Crippen LogP contribution >= 0.6 is 11.6 Å². The number of amides is 2. The van der Waals surface area contributed by atoms with Crippen LogP contribution in [0.3, 0.4) is 0 Å². The number of benzene rings is 1. The van der Waals surface area contributed by atoms with E-state index in [0.29, 0.717) is 0 Å². The van der Waals surface area contributed by atoms with Crippen molar-refractivity contribution >= 4 is 33.4 Å². The van der Waals surface area contributed by atoms with E-state index in [2.05, 4.69) is 5.32 Å². The standard InChI is InChI=1S/C16H22ClN3O4S/c1-19(2)25(23,24)12-5-6-14(17)13(11-12)16(22)18-8-7-15(21)20-9-3-4-10-20/h5-6,11H,3-4,7-10H2,1-2H3,(H,18,22). The molecule has 0 saturated carbocycles. The summed E-state index contributed by atoms with van der Waals surface area (Å²) in [7, 11) is -0.840. The maximum atomic E-state index is 12.3. The summed E-state index contributed by atoms with van der Waals surface area (Å²) >= 11 is 6.02. The molecular weight excluding hydrogens is 366 g/mol. The summed E-state index contributed by atoms with van der Waals surface area (Å²) in [6.45, 7) is 1.71. The summed E-state index contributed by atoms with van der Waals surface area (Å²) in [5, 5.41) is 2.78. The lowest BCUT2D eigenvalue weighted by atomic mass is 10.2. The van der Waals surface area contributed by atoms with E-state index in [-0.39, 0.29) is 34.4 Å². The Morgan fingerprint density at radius 3 is 2.48 bits per heavy atom. The number of likely N-dealkylation sites (tertiary alicyclic amines) is 1. The highest BCUT2D eigenvalue weighted by Gasteiger charge is 2.21. The van der Waals surface area contributed by atoms with Crippen LogP contribution in [0.5, 0.6) is 0 Å². The van der Waals surface area contributed by atoms with Gasteiger partial charge in [-0.3, -0.25) is 9.59 Å². The maximum absolute atomic E-state index is 12.3. The van der Waals surface area contributed by atoms with E-state index in [9.17, 15) is 18.0 Å². The predicted molar refractivity (Wildman–Crippen MR) is 95.1 cm³/mol. The van der Waals surface area contributed by atoms with E-state index in [0.717, 1.165) is 30.2 Å². The minimum Gasteiger partial charge on any atom is -0.351 e. The maximum Gasteiger partial charge on any atom is 0.252 e. The van der Waals surface area contributed by atoms with Crippen molar-refractivity contribution < 1.29 is 18.0 Å². The minimum atomic E-state index is -3.66. The van der Waals surface area contributed by atoms with Crippen molar-refractivity contribution in [2.24, 2.45) is 0 Å². The van der Waals surface area contributed by atoms with Gasteiger partial charge in [0, 0.05) is 40.2 Å². The topological polar surface area (TPSA) is 86.8 Å². The highest BCUT2D eigenvalue weighted by Crippen LogP contribution is 2.22. The quantitative estimate of drug-likeness (QED) is 0.797. The summed E-state index contributed by atoms with van der Waals surface area (Å²) in [5.41, 5.74) is 0.0678. The van der Waals surface area contributed by atoms with Crippen LogP contribution in [0.1, 0.15) is 29.6 Å². The second-order valence-corrected chi connectivity index (χ2v) is 8.58. The molecule has 1 heterocycles. The molecule has 1 aromatic rings. The van der Waals surface area contributed by atoms with Crippen molar-refractivity contribution in [3.05, 3.63) is 28.8 Å². The van der Waals surface area contributed by atoms with Crippen LogP contribution in [0.4, 0.5) is 0 Å². The van der Waals surface area contributed by atoms with Gasteiger partial charge in [-0.1, -0.05) is 11.6 Å². The van der Waals surface area contributed by atoms with E-state index in [1.165, 1.54) is 32.3 Å². The number of nitrogens with one attached hydrogen (secondary N) is 1. The molecule has 0 radical (unpaired) electrons. The van der Waals surface area contributed by atoms with Crippen LogP contribution in [-0.2, 0) is 14.8 Å². The molecule has 9 heteroatoms. The van der Waals surface area contributed by atoms with Crippen LogP contribution in [0.25, 0.3) is 0 Å². The number of halogens is 1. The Hall–Kier alpha value is -1.64. The van der Waals surface area contributed by atoms with Crippen LogP contribution in [0, 0.1) is 0 Å². The molecule has 1 saturated heterocycles. The molecule has 7 nitrogen and oxygen atoms in total.